The van der Waals surface area contributed by atoms with Gasteiger partial charge >= 0.3 is 0 Å². The van der Waals surface area contributed by atoms with E-state index < -0.39 is 0 Å². The van der Waals surface area contributed by atoms with Crippen LogP contribution in [-0.4, -0.2) is 52.5 Å². The standard InChI is InChI=1S/C20H26N6O2S/c1-21-18(28)14-5-7-15(8-6-14)22-17(27)13-29-20-24-23-19(26(20)16-9-10-16)25-11-3-2-4-12-25/h5-8,16H,2-4,9-13H2,1H3,(H,21,28)(H,22,27). The molecule has 1 aromatic carbocycles. The Hall–Kier alpha value is -2.55. The van der Waals surface area contributed by atoms with Gasteiger partial charge in [0.25, 0.3) is 5.91 Å². The van der Waals surface area contributed by atoms with Gasteiger partial charge in [-0.15, -0.1) is 10.2 Å². The molecule has 2 fully saturated rings. The summed E-state index contributed by atoms with van der Waals surface area (Å²) in [6.07, 6.45) is 5.97. The maximum Gasteiger partial charge on any atom is 0.251 e. The van der Waals surface area contributed by atoms with Crippen LogP contribution in [0.4, 0.5) is 11.6 Å². The maximum absolute atomic E-state index is 12.4. The van der Waals surface area contributed by atoms with Gasteiger partial charge < -0.3 is 15.5 Å². The first kappa shape index (κ1) is 19.8. The summed E-state index contributed by atoms with van der Waals surface area (Å²) in [6.45, 7) is 2.06. The first-order valence-electron chi connectivity index (χ1n) is 10.1. The van der Waals surface area contributed by atoms with Crippen molar-refractivity contribution in [2.75, 3.05) is 36.1 Å². The van der Waals surface area contributed by atoms with Crippen LogP contribution in [0.25, 0.3) is 0 Å². The number of thioether (sulfide) groups is 1. The first-order chi connectivity index (χ1) is 14.2. The number of amides is 2. The van der Waals surface area contributed by atoms with E-state index in [4.69, 9.17) is 0 Å². The SMILES string of the molecule is CNC(=O)c1ccc(NC(=O)CSc2nnc(N3CCCCC3)n2C2CC2)cc1. The number of aromatic nitrogens is 3. The lowest BCUT2D eigenvalue weighted by molar-refractivity contribution is -0.113. The van der Waals surface area contributed by atoms with E-state index in [1.54, 1.807) is 31.3 Å². The van der Waals surface area contributed by atoms with Crippen LogP contribution >= 0.6 is 11.8 Å². The number of piperidine rings is 1. The summed E-state index contributed by atoms with van der Waals surface area (Å²) >= 11 is 1.43. The lowest BCUT2D eigenvalue weighted by Gasteiger charge is -2.27. The molecule has 0 spiro atoms. The minimum atomic E-state index is -0.151. The summed E-state index contributed by atoms with van der Waals surface area (Å²) in [7, 11) is 1.59. The smallest absolute Gasteiger partial charge is 0.251 e. The highest BCUT2D eigenvalue weighted by Gasteiger charge is 2.32. The summed E-state index contributed by atoms with van der Waals surface area (Å²) in [4.78, 5) is 26.3. The summed E-state index contributed by atoms with van der Waals surface area (Å²) in [6, 6.07) is 7.31. The molecule has 1 aliphatic heterocycles. The van der Waals surface area contributed by atoms with Crippen LogP contribution in [0.15, 0.2) is 29.4 Å². The van der Waals surface area contributed by atoms with Gasteiger partial charge in [-0.2, -0.15) is 0 Å². The third-order valence-electron chi connectivity index (χ3n) is 5.19. The zero-order chi connectivity index (χ0) is 20.2. The molecule has 8 nitrogen and oxygen atoms in total. The van der Waals surface area contributed by atoms with Gasteiger partial charge in [-0.3, -0.25) is 14.2 Å². The van der Waals surface area contributed by atoms with Gasteiger partial charge in [0.2, 0.25) is 11.9 Å². The third-order valence-corrected chi connectivity index (χ3v) is 6.13. The third kappa shape index (κ3) is 4.72. The van der Waals surface area contributed by atoms with Crippen molar-refractivity contribution in [3.63, 3.8) is 0 Å². The van der Waals surface area contributed by atoms with E-state index >= 15 is 0 Å². The van der Waals surface area contributed by atoms with Gasteiger partial charge in [-0.05, 0) is 56.4 Å². The van der Waals surface area contributed by atoms with Gasteiger partial charge in [-0.25, -0.2) is 0 Å². The average Bonchev–Trinajstić information content (AvgIpc) is 3.51. The summed E-state index contributed by atoms with van der Waals surface area (Å²) < 4.78 is 2.22. The van der Waals surface area contributed by atoms with Crippen molar-refractivity contribution in [1.82, 2.24) is 20.1 Å². The second kappa shape index (κ2) is 8.86. The number of nitrogens with zero attached hydrogens (tertiary/aromatic N) is 4. The lowest BCUT2D eigenvalue weighted by Crippen LogP contribution is -2.32. The van der Waals surface area contributed by atoms with Gasteiger partial charge in [0.05, 0.1) is 5.75 Å². The van der Waals surface area contributed by atoms with Gasteiger partial charge in [0, 0.05) is 37.4 Å². The summed E-state index contributed by atoms with van der Waals surface area (Å²) in [5, 5.41) is 15.1. The quantitative estimate of drug-likeness (QED) is 0.677. The number of nitrogens with one attached hydrogen (secondary N) is 2. The zero-order valence-electron chi connectivity index (χ0n) is 16.6. The number of rotatable bonds is 7. The predicted molar refractivity (Wildman–Crippen MR) is 114 cm³/mol. The summed E-state index contributed by atoms with van der Waals surface area (Å²) in [5.41, 5.74) is 1.23. The molecule has 0 atom stereocenters. The largest absolute Gasteiger partial charge is 0.355 e. The van der Waals surface area contributed by atoms with Crippen LogP contribution in [0, 0.1) is 0 Å². The van der Waals surface area contributed by atoms with Gasteiger partial charge in [-0.1, -0.05) is 11.8 Å². The molecule has 1 aliphatic carbocycles. The van der Waals surface area contributed by atoms with E-state index in [1.807, 2.05) is 0 Å². The molecule has 2 amide bonds. The summed E-state index contributed by atoms with van der Waals surface area (Å²) in [5.74, 6) is 0.969. The number of hydrogen-bond acceptors (Lipinski definition) is 6. The van der Waals surface area contributed by atoms with E-state index in [2.05, 4.69) is 30.3 Å². The molecule has 154 valence electrons. The van der Waals surface area contributed by atoms with Crippen LogP contribution in [0.1, 0.15) is 48.5 Å². The molecule has 4 rings (SSSR count). The van der Waals surface area contributed by atoms with Crippen molar-refractivity contribution < 1.29 is 9.59 Å². The minimum absolute atomic E-state index is 0.104. The predicted octanol–water partition coefficient (Wildman–Crippen LogP) is 2.69. The van der Waals surface area contributed by atoms with Crippen LogP contribution in [0.2, 0.25) is 0 Å². The van der Waals surface area contributed by atoms with Crippen molar-refractivity contribution in [2.45, 2.75) is 43.3 Å². The highest BCUT2D eigenvalue weighted by atomic mass is 32.2. The monoisotopic (exact) mass is 414 g/mol. The van der Waals surface area contributed by atoms with Crippen LogP contribution in [-0.2, 0) is 4.79 Å². The van der Waals surface area contributed by atoms with Crippen LogP contribution in [0.5, 0.6) is 0 Å². The molecule has 0 bridgehead atoms. The second-order valence-corrected chi connectivity index (χ2v) is 8.37. The van der Waals surface area contributed by atoms with Gasteiger partial charge in [0.15, 0.2) is 5.16 Å². The normalized spacial score (nSPS) is 16.5. The molecular formula is C20H26N6O2S. The Labute approximate surface area is 174 Å². The molecule has 2 heterocycles. The lowest BCUT2D eigenvalue weighted by atomic mass is 10.1. The number of benzene rings is 1. The van der Waals surface area contributed by atoms with Crippen molar-refractivity contribution in [2.24, 2.45) is 0 Å². The first-order valence-corrected chi connectivity index (χ1v) is 11.1. The van der Waals surface area contributed by atoms with Crippen molar-refractivity contribution >= 4 is 35.2 Å². The Morgan fingerprint density at radius 3 is 2.48 bits per heavy atom. The number of hydrogen-bond donors (Lipinski definition) is 2. The number of carbonyl (C=O) groups excluding carboxylic acids is 2. The van der Waals surface area contributed by atoms with E-state index in [0.717, 1.165) is 37.0 Å². The molecule has 2 aromatic rings. The van der Waals surface area contributed by atoms with Crippen molar-refractivity contribution in [3.05, 3.63) is 29.8 Å². The fourth-order valence-corrected chi connectivity index (χ4v) is 4.31. The Morgan fingerprint density at radius 2 is 1.83 bits per heavy atom. The Kier molecular flexibility index (Phi) is 6.03. The highest BCUT2D eigenvalue weighted by molar-refractivity contribution is 7.99. The Morgan fingerprint density at radius 1 is 1.10 bits per heavy atom. The molecule has 0 radical (unpaired) electrons. The fourth-order valence-electron chi connectivity index (χ4n) is 3.51. The fraction of sp³-hybridized carbons (Fsp3) is 0.500. The van der Waals surface area contributed by atoms with E-state index in [-0.39, 0.29) is 17.6 Å². The number of carbonyl (C=O) groups is 2. The second-order valence-electron chi connectivity index (χ2n) is 7.42. The highest BCUT2D eigenvalue weighted by Crippen LogP contribution is 2.41. The molecular weight excluding hydrogens is 388 g/mol. The molecule has 2 N–H and O–H groups in total. The van der Waals surface area contributed by atoms with E-state index in [9.17, 15) is 9.59 Å². The zero-order valence-corrected chi connectivity index (χ0v) is 17.4. The Bertz CT molecular complexity index is 872. The topological polar surface area (TPSA) is 92.2 Å². The molecule has 1 saturated carbocycles. The van der Waals surface area contributed by atoms with Crippen molar-refractivity contribution in [3.8, 4) is 0 Å². The maximum atomic E-state index is 12.4. The molecule has 1 aromatic heterocycles. The van der Waals surface area contributed by atoms with E-state index in [0.29, 0.717) is 17.3 Å². The molecule has 0 unspecified atom stereocenters. The molecule has 9 heteroatoms. The molecule has 29 heavy (non-hydrogen) atoms. The van der Waals surface area contributed by atoms with Crippen molar-refractivity contribution in [1.29, 1.82) is 0 Å². The minimum Gasteiger partial charge on any atom is -0.355 e. The molecule has 1 saturated heterocycles. The Balaban J connectivity index is 1.37. The van der Waals surface area contributed by atoms with Crippen LogP contribution < -0.4 is 15.5 Å². The van der Waals surface area contributed by atoms with Crippen LogP contribution in [0.3, 0.4) is 0 Å². The van der Waals surface area contributed by atoms with Gasteiger partial charge in [0.1, 0.15) is 0 Å². The number of anilines is 2. The molecule has 2 aliphatic rings. The average molecular weight is 415 g/mol. The van der Waals surface area contributed by atoms with E-state index in [1.165, 1.54) is 31.0 Å².